The van der Waals surface area contributed by atoms with Crippen molar-refractivity contribution in [1.82, 2.24) is 5.43 Å². The fourth-order valence-corrected chi connectivity index (χ4v) is 4.03. The fraction of sp³-hybridized carbons (Fsp3) is 0.500. The normalized spacial score (nSPS) is 30.9. The Hall–Kier alpha value is -1.97. The Bertz CT molecular complexity index is 678. The van der Waals surface area contributed by atoms with Crippen molar-refractivity contribution in [3.05, 3.63) is 35.5 Å². The molecule has 0 amide bonds. The first-order chi connectivity index (χ1) is 10.5. The van der Waals surface area contributed by atoms with E-state index in [0.29, 0.717) is 18.1 Å². The van der Waals surface area contributed by atoms with Crippen molar-refractivity contribution in [3.63, 3.8) is 0 Å². The van der Waals surface area contributed by atoms with Gasteiger partial charge in [-0.1, -0.05) is 26.8 Å². The third-order valence-corrected chi connectivity index (χ3v) is 6.06. The summed E-state index contributed by atoms with van der Waals surface area (Å²) in [7, 11) is 0. The lowest BCUT2D eigenvalue weighted by Gasteiger charge is -2.36. The van der Waals surface area contributed by atoms with Crippen LogP contribution in [0.3, 0.4) is 0 Å². The van der Waals surface area contributed by atoms with Gasteiger partial charge in [-0.05, 0) is 47.9 Å². The van der Waals surface area contributed by atoms with Crippen molar-refractivity contribution >= 4 is 6.21 Å². The van der Waals surface area contributed by atoms with E-state index in [-0.39, 0.29) is 5.41 Å². The van der Waals surface area contributed by atoms with E-state index >= 15 is 0 Å². The van der Waals surface area contributed by atoms with Crippen molar-refractivity contribution in [2.24, 2.45) is 21.8 Å². The van der Waals surface area contributed by atoms with Gasteiger partial charge >= 0.3 is 0 Å². The Balaban J connectivity index is 1.49. The van der Waals surface area contributed by atoms with E-state index in [1.807, 2.05) is 24.4 Å². The second kappa shape index (κ2) is 4.51. The number of fused-ring (bicyclic) bond motifs is 3. The van der Waals surface area contributed by atoms with Crippen molar-refractivity contribution in [2.45, 2.75) is 33.6 Å². The molecule has 4 heteroatoms. The molecule has 1 aromatic rings. The van der Waals surface area contributed by atoms with Gasteiger partial charge in [-0.25, -0.2) is 0 Å². The molecule has 0 aromatic heterocycles. The average Bonchev–Trinajstić information content (AvgIpc) is 3.09. The second-order valence-corrected chi connectivity index (χ2v) is 7.26. The Morgan fingerprint density at radius 3 is 2.77 bits per heavy atom. The molecule has 1 aromatic carbocycles. The van der Waals surface area contributed by atoms with E-state index < -0.39 is 0 Å². The Kier molecular flexibility index (Phi) is 2.80. The summed E-state index contributed by atoms with van der Waals surface area (Å²) in [5.41, 5.74) is 6.09. The lowest BCUT2D eigenvalue weighted by atomic mass is 9.69. The molecule has 2 atom stereocenters. The zero-order valence-electron chi connectivity index (χ0n) is 13.3. The van der Waals surface area contributed by atoms with Crippen LogP contribution in [0.4, 0.5) is 0 Å². The van der Waals surface area contributed by atoms with E-state index in [2.05, 4.69) is 37.4 Å². The second-order valence-electron chi connectivity index (χ2n) is 7.26. The largest absolute Gasteiger partial charge is 0.454 e. The molecular weight excluding hydrogens is 276 g/mol. The SMILES string of the molecule is CC1(C)[C@@H]2C=C(N/N=C\c3ccc4c(c3)OCO4)[C@@]1(C)CC2. The minimum absolute atomic E-state index is 0.212. The number of benzene rings is 1. The number of rotatable bonds is 3. The summed E-state index contributed by atoms with van der Waals surface area (Å²) in [5.74, 6) is 2.26. The maximum atomic E-state index is 5.39. The molecule has 0 spiro atoms. The standard InChI is InChI=1S/C18H22N2O2/c1-17(2)13-6-7-18(17,3)16(9-13)20-19-10-12-4-5-14-15(8-12)22-11-21-14/h4-5,8-10,13,20H,6-7,11H2,1-3H3/b19-10-/t13-,18+/m0/s1. The van der Waals surface area contributed by atoms with E-state index in [1.54, 1.807) is 0 Å². The van der Waals surface area contributed by atoms with E-state index in [9.17, 15) is 0 Å². The van der Waals surface area contributed by atoms with Crippen molar-refractivity contribution in [1.29, 1.82) is 0 Å². The summed E-state index contributed by atoms with van der Waals surface area (Å²) in [6.45, 7) is 7.40. The fourth-order valence-electron chi connectivity index (χ4n) is 4.03. The predicted molar refractivity (Wildman–Crippen MR) is 86.0 cm³/mol. The molecule has 4 rings (SSSR count). The van der Waals surface area contributed by atoms with E-state index in [1.165, 1.54) is 18.5 Å². The minimum Gasteiger partial charge on any atom is -0.454 e. The minimum atomic E-state index is 0.212. The molecule has 3 aliphatic rings. The first-order valence-corrected chi connectivity index (χ1v) is 7.92. The van der Waals surface area contributed by atoms with Gasteiger partial charge in [0, 0.05) is 11.1 Å². The van der Waals surface area contributed by atoms with Crippen molar-refractivity contribution < 1.29 is 9.47 Å². The molecular formula is C18H22N2O2. The molecule has 2 bridgehead atoms. The first-order valence-electron chi connectivity index (χ1n) is 7.92. The highest BCUT2D eigenvalue weighted by Crippen LogP contribution is 2.64. The lowest BCUT2D eigenvalue weighted by molar-refractivity contribution is 0.164. The zero-order valence-corrected chi connectivity index (χ0v) is 13.3. The highest BCUT2D eigenvalue weighted by molar-refractivity contribution is 5.80. The van der Waals surface area contributed by atoms with Crippen LogP contribution >= 0.6 is 0 Å². The molecule has 1 saturated carbocycles. The summed E-state index contributed by atoms with van der Waals surface area (Å²) >= 11 is 0. The number of ether oxygens (including phenoxy) is 2. The van der Waals surface area contributed by atoms with Gasteiger partial charge in [0.15, 0.2) is 11.5 Å². The van der Waals surface area contributed by atoms with Gasteiger partial charge in [0.25, 0.3) is 0 Å². The summed E-state index contributed by atoms with van der Waals surface area (Å²) in [4.78, 5) is 0. The molecule has 4 nitrogen and oxygen atoms in total. The summed E-state index contributed by atoms with van der Waals surface area (Å²) in [6, 6.07) is 5.86. The molecule has 1 aliphatic heterocycles. The number of nitrogens with one attached hydrogen (secondary N) is 1. The van der Waals surface area contributed by atoms with Crippen LogP contribution in [0.2, 0.25) is 0 Å². The average molecular weight is 298 g/mol. The van der Waals surface area contributed by atoms with E-state index in [4.69, 9.17) is 9.47 Å². The van der Waals surface area contributed by atoms with Gasteiger partial charge in [0.1, 0.15) is 0 Å². The molecule has 22 heavy (non-hydrogen) atoms. The third-order valence-electron chi connectivity index (χ3n) is 6.06. The third kappa shape index (κ3) is 1.79. The molecule has 1 N–H and O–H groups in total. The van der Waals surface area contributed by atoms with Gasteiger partial charge in [0.05, 0.1) is 6.21 Å². The van der Waals surface area contributed by atoms with Crippen LogP contribution < -0.4 is 14.9 Å². The van der Waals surface area contributed by atoms with Crippen molar-refractivity contribution in [3.8, 4) is 11.5 Å². The molecule has 0 unspecified atom stereocenters. The maximum Gasteiger partial charge on any atom is 0.231 e. The van der Waals surface area contributed by atoms with Gasteiger partial charge in [-0.15, -0.1) is 0 Å². The Morgan fingerprint density at radius 1 is 1.23 bits per heavy atom. The van der Waals surface area contributed by atoms with Crippen LogP contribution in [0, 0.1) is 16.7 Å². The topological polar surface area (TPSA) is 42.9 Å². The van der Waals surface area contributed by atoms with Crippen LogP contribution in [0.25, 0.3) is 0 Å². The van der Waals surface area contributed by atoms with Crippen LogP contribution in [0.15, 0.2) is 35.1 Å². The van der Waals surface area contributed by atoms with Gasteiger partial charge in [0.2, 0.25) is 6.79 Å². The highest BCUT2D eigenvalue weighted by Gasteiger charge is 2.57. The van der Waals surface area contributed by atoms with Crippen LogP contribution in [0.1, 0.15) is 39.2 Å². The van der Waals surface area contributed by atoms with Gasteiger partial charge < -0.3 is 9.47 Å². The quantitative estimate of drug-likeness (QED) is 0.684. The smallest absolute Gasteiger partial charge is 0.231 e. The summed E-state index contributed by atoms with van der Waals surface area (Å²) in [6.07, 6.45) is 6.75. The van der Waals surface area contributed by atoms with Crippen LogP contribution in [0.5, 0.6) is 11.5 Å². The Morgan fingerprint density at radius 2 is 2.05 bits per heavy atom. The molecule has 2 aliphatic carbocycles. The lowest BCUT2D eigenvalue weighted by Crippen LogP contribution is -2.33. The van der Waals surface area contributed by atoms with E-state index in [0.717, 1.165) is 17.1 Å². The molecule has 0 radical (unpaired) electrons. The number of hydrogen-bond donors (Lipinski definition) is 1. The number of nitrogens with zero attached hydrogens (tertiary/aromatic N) is 1. The molecule has 0 saturated heterocycles. The summed E-state index contributed by atoms with van der Waals surface area (Å²) < 4.78 is 10.7. The predicted octanol–water partition coefficient (Wildman–Crippen LogP) is 3.68. The Labute approximate surface area is 131 Å². The van der Waals surface area contributed by atoms with Gasteiger partial charge in [-0.3, -0.25) is 5.43 Å². The monoisotopic (exact) mass is 298 g/mol. The zero-order chi connectivity index (χ0) is 15.4. The van der Waals surface area contributed by atoms with Gasteiger partial charge in [-0.2, -0.15) is 5.10 Å². The number of hydrazone groups is 1. The summed E-state index contributed by atoms with van der Waals surface area (Å²) in [5, 5.41) is 4.44. The number of allylic oxidation sites excluding steroid dienone is 2. The molecule has 116 valence electrons. The number of hydrogen-bond acceptors (Lipinski definition) is 4. The molecule has 1 heterocycles. The maximum absolute atomic E-state index is 5.39. The first kappa shape index (κ1) is 13.7. The van der Waals surface area contributed by atoms with Crippen LogP contribution in [-0.4, -0.2) is 13.0 Å². The van der Waals surface area contributed by atoms with Crippen molar-refractivity contribution in [2.75, 3.05) is 6.79 Å². The van der Waals surface area contributed by atoms with Crippen LogP contribution in [-0.2, 0) is 0 Å². The molecule has 1 fully saturated rings. The highest BCUT2D eigenvalue weighted by atomic mass is 16.7.